The Hall–Kier alpha value is 0.861. The van der Waals surface area contributed by atoms with Gasteiger partial charge in [0.1, 0.15) is 16.5 Å². The molecule has 0 aromatic carbocycles. The molecule has 0 aliphatic heterocycles. The van der Waals surface area contributed by atoms with E-state index in [0.717, 1.165) is 12.5 Å². The molecule has 0 aliphatic rings. The minimum Gasteiger partial charge on any atom is -0.389 e. The van der Waals surface area contributed by atoms with Crippen molar-refractivity contribution in [1.29, 1.82) is 0 Å². The lowest BCUT2D eigenvalue weighted by Crippen LogP contribution is -2.64. The summed E-state index contributed by atoms with van der Waals surface area (Å²) in [6, 6.07) is 1.03. The van der Waals surface area contributed by atoms with Crippen LogP contribution in [-0.4, -0.2) is 34.6 Å². The number of hydrogen-bond donors (Lipinski definition) is 0. The van der Waals surface area contributed by atoms with E-state index in [2.05, 4.69) is 63.9 Å². The molecule has 0 aromatic rings. The monoisotopic (exact) mass is 325 g/mol. The van der Waals surface area contributed by atoms with Crippen LogP contribution in [0.2, 0.25) is 51.9 Å². The summed E-state index contributed by atoms with van der Waals surface area (Å²) in [4.78, 5) is 0. The fourth-order valence-corrected chi connectivity index (χ4v) is 16.3. The molecule has 0 aromatic heterocycles. The third-order valence-electron chi connectivity index (χ3n) is 2.92. The quantitative estimate of drug-likeness (QED) is 0.369. The molecule has 0 rings (SSSR count). The van der Waals surface area contributed by atoms with Gasteiger partial charge in [0.25, 0.3) is 7.63 Å². The molecule has 0 fully saturated rings. The molecule has 6 heteroatoms. The Labute approximate surface area is 122 Å². The normalized spacial score (nSPS) is 18.8. The Morgan fingerprint density at radius 2 is 1.39 bits per heavy atom. The van der Waals surface area contributed by atoms with Crippen molar-refractivity contribution in [2.45, 2.75) is 78.4 Å². The lowest BCUT2D eigenvalue weighted by Gasteiger charge is -2.48. The molecule has 0 N–H and O–H groups in total. The SMILES string of the molecule is CCC[Si](C)(Cl)OC(C)N([Si](C)(C)C)[Si](C)(C)C. The molecule has 0 radical (unpaired) electrons. The number of hydrogen-bond acceptors (Lipinski definition) is 2. The average molecular weight is 326 g/mol. The van der Waals surface area contributed by atoms with Crippen molar-refractivity contribution in [1.82, 2.24) is 4.23 Å². The second-order valence-electron chi connectivity index (χ2n) is 7.28. The van der Waals surface area contributed by atoms with E-state index in [9.17, 15) is 0 Å². The summed E-state index contributed by atoms with van der Waals surface area (Å²) < 4.78 is 8.98. The van der Waals surface area contributed by atoms with Crippen molar-refractivity contribution >= 4 is 35.2 Å². The number of nitrogens with zero attached hydrogens (tertiary/aromatic N) is 1. The van der Waals surface area contributed by atoms with Gasteiger partial charge in [0.05, 0.1) is 6.23 Å². The zero-order valence-electron chi connectivity index (χ0n) is 13.7. The van der Waals surface area contributed by atoms with Crippen LogP contribution in [0.4, 0.5) is 0 Å². The fraction of sp³-hybridized carbons (Fsp3) is 1.00. The second kappa shape index (κ2) is 6.54. The van der Waals surface area contributed by atoms with Gasteiger partial charge >= 0.3 is 0 Å². The molecule has 2 nitrogen and oxygen atoms in total. The lowest BCUT2D eigenvalue weighted by atomic mass is 10.6. The first-order chi connectivity index (χ1) is 7.81. The Kier molecular flexibility index (Phi) is 6.85. The van der Waals surface area contributed by atoms with Gasteiger partial charge in [0, 0.05) is 0 Å². The van der Waals surface area contributed by atoms with E-state index in [1.54, 1.807) is 0 Å². The van der Waals surface area contributed by atoms with E-state index in [-0.39, 0.29) is 6.23 Å². The molecule has 2 unspecified atom stereocenters. The molecule has 0 bridgehead atoms. The summed E-state index contributed by atoms with van der Waals surface area (Å²) in [5.41, 5.74) is 0. The zero-order valence-corrected chi connectivity index (χ0v) is 17.5. The number of rotatable bonds is 7. The summed E-state index contributed by atoms with van der Waals surface area (Å²) >= 11 is 6.60. The van der Waals surface area contributed by atoms with Gasteiger partial charge in [-0.25, -0.2) is 0 Å². The predicted molar refractivity (Wildman–Crippen MR) is 91.6 cm³/mol. The largest absolute Gasteiger partial charge is 0.389 e. The van der Waals surface area contributed by atoms with Crippen LogP contribution < -0.4 is 0 Å². The molecule has 0 heterocycles. The van der Waals surface area contributed by atoms with Crippen LogP contribution in [0, 0.1) is 0 Å². The summed E-state index contributed by atoms with van der Waals surface area (Å²) in [6.07, 6.45) is 1.28. The minimum atomic E-state index is -2.01. The van der Waals surface area contributed by atoms with E-state index < -0.39 is 24.1 Å². The van der Waals surface area contributed by atoms with Gasteiger partial charge < -0.3 is 8.66 Å². The van der Waals surface area contributed by atoms with Gasteiger partial charge in [-0.1, -0.05) is 52.6 Å². The van der Waals surface area contributed by atoms with E-state index in [0.29, 0.717) is 0 Å². The van der Waals surface area contributed by atoms with Crippen molar-refractivity contribution in [2.24, 2.45) is 0 Å². The van der Waals surface area contributed by atoms with Crippen molar-refractivity contribution in [3.05, 3.63) is 0 Å². The third kappa shape index (κ3) is 6.34. The molecule has 0 saturated carbocycles. The minimum absolute atomic E-state index is 0.170. The average Bonchev–Trinajstić information content (AvgIpc) is 1.94. The van der Waals surface area contributed by atoms with Crippen LogP contribution in [0.1, 0.15) is 20.3 Å². The van der Waals surface area contributed by atoms with Gasteiger partial charge in [-0.3, -0.25) is 0 Å². The van der Waals surface area contributed by atoms with Crippen molar-refractivity contribution < 1.29 is 4.43 Å². The predicted octanol–water partition coefficient (Wildman–Crippen LogP) is 5.04. The van der Waals surface area contributed by atoms with Gasteiger partial charge in [-0.05, 0) is 19.5 Å². The van der Waals surface area contributed by atoms with Gasteiger partial charge in [-0.15, -0.1) is 11.1 Å². The first-order valence-electron chi connectivity index (χ1n) is 6.97. The summed E-state index contributed by atoms with van der Waals surface area (Å²) in [7, 11) is -4.76. The molecule has 110 valence electrons. The second-order valence-corrected chi connectivity index (χ2v) is 22.7. The first-order valence-corrected chi connectivity index (χ1v) is 17.5. The maximum absolute atomic E-state index is 6.60. The van der Waals surface area contributed by atoms with E-state index >= 15 is 0 Å². The Morgan fingerprint density at radius 1 is 1.00 bits per heavy atom. The smallest absolute Gasteiger partial charge is 0.288 e. The first kappa shape index (κ1) is 18.9. The molecular weight excluding hydrogens is 294 g/mol. The zero-order chi connectivity index (χ0) is 14.8. The standard InChI is InChI=1S/C12H32ClNOSi3/c1-10-11-18(9,13)15-12(2)14(16(3,4)5)17(6,7)8/h12H,10-11H2,1-9H3. The molecule has 0 saturated heterocycles. The third-order valence-corrected chi connectivity index (χ3v) is 13.6. The van der Waals surface area contributed by atoms with Gasteiger partial charge in [0.15, 0.2) is 0 Å². The molecule has 0 spiro atoms. The van der Waals surface area contributed by atoms with Crippen LogP contribution in [0.3, 0.4) is 0 Å². The van der Waals surface area contributed by atoms with E-state index in [4.69, 9.17) is 15.5 Å². The van der Waals surface area contributed by atoms with Crippen molar-refractivity contribution in [2.75, 3.05) is 0 Å². The molecular formula is C12H32ClNOSi3. The molecule has 0 amide bonds. The summed E-state index contributed by atoms with van der Waals surface area (Å²) in [5.74, 6) is 0. The highest BCUT2D eigenvalue weighted by molar-refractivity contribution is 7.16. The molecule has 2 atom stereocenters. The highest BCUT2D eigenvalue weighted by atomic mass is 35.6. The van der Waals surface area contributed by atoms with Crippen LogP contribution in [0.25, 0.3) is 0 Å². The van der Waals surface area contributed by atoms with Crippen LogP contribution in [0.5, 0.6) is 0 Å². The lowest BCUT2D eigenvalue weighted by molar-refractivity contribution is 0.139. The van der Waals surface area contributed by atoms with Gasteiger partial charge in [-0.2, -0.15) is 0 Å². The summed E-state index contributed by atoms with van der Waals surface area (Å²) in [5, 5.41) is 0. The van der Waals surface area contributed by atoms with Crippen LogP contribution >= 0.6 is 11.1 Å². The Balaban J connectivity index is 4.95. The number of halogens is 1. The highest BCUT2D eigenvalue weighted by Crippen LogP contribution is 2.28. The van der Waals surface area contributed by atoms with Crippen LogP contribution in [0.15, 0.2) is 0 Å². The maximum atomic E-state index is 6.60. The van der Waals surface area contributed by atoms with Gasteiger partial charge in [0.2, 0.25) is 0 Å². The fourth-order valence-electron chi connectivity index (χ4n) is 3.01. The Bertz CT molecular complexity index is 247. The van der Waals surface area contributed by atoms with E-state index in [1.807, 2.05) is 0 Å². The van der Waals surface area contributed by atoms with Crippen molar-refractivity contribution in [3.8, 4) is 0 Å². The molecule has 18 heavy (non-hydrogen) atoms. The van der Waals surface area contributed by atoms with Crippen LogP contribution in [-0.2, 0) is 4.43 Å². The van der Waals surface area contributed by atoms with Crippen molar-refractivity contribution in [3.63, 3.8) is 0 Å². The molecule has 0 aliphatic carbocycles. The highest BCUT2D eigenvalue weighted by Gasteiger charge is 2.40. The summed E-state index contributed by atoms with van der Waals surface area (Å²) in [6.45, 7) is 20.9. The topological polar surface area (TPSA) is 12.5 Å². The maximum Gasteiger partial charge on any atom is 0.288 e. The Morgan fingerprint density at radius 3 is 1.67 bits per heavy atom. The van der Waals surface area contributed by atoms with E-state index in [1.165, 1.54) is 0 Å².